The zero-order valence-electron chi connectivity index (χ0n) is 15.0. The Hall–Kier alpha value is -1.91. The van der Waals surface area contributed by atoms with Crippen molar-refractivity contribution < 1.29 is 9.59 Å². The number of urea groups is 1. The molecule has 24 heavy (non-hydrogen) atoms. The van der Waals surface area contributed by atoms with Crippen LogP contribution in [0.1, 0.15) is 58.4 Å². The number of rotatable bonds is 5. The fraction of sp³-hybridized carbons (Fsp3) is 0.632. The van der Waals surface area contributed by atoms with Crippen LogP contribution < -0.4 is 10.6 Å². The number of carbonyl (C=O) groups excluding carboxylic acids is 2. The number of aldehydes is 1. The summed E-state index contributed by atoms with van der Waals surface area (Å²) in [6.07, 6.45) is 10.5. The van der Waals surface area contributed by atoms with Crippen LogP contribution in [0.15, 0.2) is 24.5 Å². The van der Waals surface area contributed by atoms with E-state index in [1.54, 1.807) is 12.4 Å². The lowest BCUT2D eigenvalue weighted by Gasteiger charge is -2.39. The van der Waals surface area contributed by atoms with Gasteiger partial charge in [0.1, 0.15) is 6.29 Å². The number of amides is 2. The lowest BCUT2D eigenvalue weighted by Crippen LogP contribution is -2.57. The van der Waals surface area contributed by atoms with Gasteiger partial charge in [-0.1, -0.05) is 40.0 Å². The van der Waals surface area contributed by atoms with Crippen molar-refractivity contribution in [2.24, 2.45) is 5.41 Å². The van der Waals surface area contributed by atoms with Crippen LogP contribution >= 0.6 is 0 Å². The van der Waals surface area contributed by atoms with Crippen molar-refractivity contribution in [3.63, 3.8) is 0 Å². The first-order valence-electron chi connectivity index (χ1n) is 8.78. The Morgan fingerprint density at radius 3 is 2.42 bits per heavy atom. The molecule has 0 radical (unpaired) electrons. The van der Waals surface area contributed by atoms with Gasteiger partial charge >= 0.3 is 6.03 Å². The molecule has 0 spiro atoms. The fourth-order valence-electron chi connectivity index (χ4n) is 3.34. The number of nitrogens with zero attached hydrogens (tertiary/aromatic N) is 1. The van der Waals surface area contributed by atoms with E-state index in [1.807, 2.05) is 32.9 Å². The third kappa shape index (κ3) is 5.05. The third-order valence-corrected chi connectivity index (χ3v) is 4.84. The largest absolute Gasteiger partial charge is 0.332 e. The smallest absolute Gasteiger partial charge is 0.315 e. The van der Waals surface area contributed by atoms with Crippen LogP contribution in [0.2, 0.25) is 0 Å². The number of hydrogen-bond donors (Lipinski definition) is 2. The van der Waals surface area contributed by atoms with Crippen LogP contribution in [0.25, 0.3) is 0 Å². The number of nitrogens with one attached hydrogen (secondary N) is 2. The Balaban J connectivity index is 2.08. The van der Waals surface area contributed by atoms with Crippen molar-refractivity contribution >= 4 is 12.3 Å². The van der Waals surface area contributed by atoms with Crippen LogP contribution in [0.4, 0.5) is 4.79 Å². The van der Waals surface area contributed by atoms with E-state index in [0.29, 0.717) is 0 Å². The lowest BCUT2D eigenvalue weighted by molar-refractivity contribution is -0.111. The van der Waals surface area contributed by atoms with Gasteiger partial charge in [0, 0.05) is 17.9 Å². The Kier molecular flexibility index (Phi) is 5.97. The number of pyridine rings is 1. The highest BCUT2D eigenvalue weighted by atomic mass is 16.2. The minimum absolute atomic E-state index is 0.241. The van der Waals surface area contributed by atoms with Crippen LogP contribution in [0.5, 0.6) is 0 Å². The van der Waals surface area contributed by atoms with Crippen molar-refractivity contribution in [3.05, 3.63) is 30.1 Å². The van der Waals surface area contributed by atoms with Crippen molar-refractivity contribution in [1.82, 2.24) is 15.6 Å². The summed E-state index contributed by atoms with van der Waals surface area (Å²) in [7, 11) is 0. The van der Waals surface area contributed by atoms with Crippen molar-refractivity contribution in [1.29, 1.82) is 0 Å². The average molecular weight is 331 g/mol. The SMILES string of the molecule is CC(C)(C)C(C=O)NC(=O)NC1(Cc2ccncc2)CCCCC1. The van der Waals surface area contributed by atoms with Gasteiger partial charge in [-0.05, 0) is 42.4 Å². The van der Waals surface area contributed by atoms with Crippen LogP contribution in [-0.2, 0) is 11.2 Å². The molecule has 1 saturated carbocycles. The highest BCUT2D eigenvalue weighted by molar-refractivity contribution is 5.79. The summed E-state index contributed by atoms with van der Waals surface area (Å²) in [4.78, 5) is 27.9. The molecule has 1 atom stereocenters. The molecule has 1 aromatic rings. The molecule has 0 bridgehead atoms. The summed E-state index contributed by atoms with van der Waals surface area (Å²) in [6.45, 7) is 5.83. The van der Waals surface area contributed by atoms with Crippen LogP contribution in [-0.4, -0.2) is 28.9 Å². The minimum Gasteiger partial charge on any atom is -0.332 e. The van der Waals surface area contributed by atoms with E-state index >= 15 is 0 Å². The van der Waals surface area contributed by atoms with Gasteiger partial charge < -0.3 is 15.4 Å². The van der Waals surface area contributed by atoms with E-state index < -0.39 is 6.04 Å². The van der Waals surface area contributed by atoms with Gasteiger partial charge in [-0.25, -0.2) is 4.79 Å². The molecule has 1 unspecified atom stereocenters. The molecule has 2 rings (SSSR count). The Labute approximate surface area is 144 Å². The maximum atomic E-state index is 12.5. The van der Waals surface area contributed by atoms with Crippen molar-refractivity contribution in [3.8, 4) is 0 Å². The highest BCUT2D eigenvalue weighted by Crippen LogP contribution is 2.31. The zero-order chi connectivity index (χ0) is 17.6. The summed E-state index contributed by atoms with van der Waals surface area (Å²) in [6, 6.07) is 3.25. The van der Waals surface area contributed by atoms with E-state index in [1.165, 1.54) is 12.0 Å². The Morgan fingerprint density at radius 2 is 1.88 bits per heavy atom. The Bertz CT molecular complexity index is 545. The molecule has 1 aliphatic carbocycles. The standard InChI is InChI=1S/C19H29N3O2/c1-18(2,3)16(14-23)21-17(24)22-19(9-5-4-6-10-19)13-15-7-11-20-12-8-15/h7-8,11-12,14,16H,4-6,9-10,13H2,1-3H3,(H2,21,22,24). The number of hydrogen-bond acceptors (Lipinski definition) is 3. The average Bonchev–Trinajstić information content (AvgIpc) is 2.53. The number of aromatic nitrogens is 1. The summed E-state index contributed by atoms with van der Waals surface area (Å²) in [5.74, 6) is 0. The van der Waals surface area contributed by atoms with Crippen molar-refractivity contribution in [2.75, 3.05) is 0 Å². The molecule has 0 aliphatic heterocycles. The normalized spacial score (nSPS) is 18.5. The molecule has 0 saturated heterocycles. The molecule has 5 heteroatoms. The molecule has 2 N–H and O–H groups in total. The second-order valence-corrected chi connectivity index (χ2v) is 7.95. The lowest BCUT2D eigenvalue weighted by atomic mass is 9.77. The van der Waals surface area contributed by atoms with E-state index in [0.717, 1.165) is 38.4 Å². The van der Waals surface area contributed by atoms with E-state index in [4.69, 9.17) is 0 Å². The molecule has 5 nitrogen and oxygen atoms in total. The topological polar surface area (TPSA) is 71.1 Å². The first-order valence-corrected chi connectivity index (χ1v) is 8.78. The van der Waals surface area contributed by atoms with E-state index in [2.05, 4.69) is 15.6 Å². The third-order valence-electron chi connectivity index (χ3n) is 4.84. The predicted octanol–water partition coefficient (Wildman–Crippen LogP) is 3.24. The van der Waals surface area contributed by atoms with Gasteiger partial charge in [-0.15, -0.1) is 0 Å². The zero-order valence-corrected chi connectivity index (χ0v) is 15.0. The number of carbonyl (C=O) groups is 2. The molecule has 1 aromatic heterocycles. The second kappa shape index (κ2) is 7.77. The molecule has 1 heterocycles. The molecule has 1 fully saturated rings. The summed E-state index contributed by atoms with van der Waals surface area (Å²) in [5.41, 5.74) is 0.633. The molecule has 1 aliphatic rings. The maximum absolute atomic E-state index is 12.5. The molecular formula is C19H29N3O2. The second-order valence-electron chi connectivity index (χ2n) is 7.95. The molecule has 2 amide bonds. The van der Waals surface area contributed by atoms with E-state index in [-0.39, 0.29) is 17.0 Å². The van der Waals surface area contributed by atoms with Gasteiger partial charge in [0.05, 0.1) is 6.04 Å². The highest BCUT2D eigenvalue weighted by Gasteiger charge is 2.35. The van der Waals surface area contributed by atoms with E-state index in [9.17, 15) is 9.59 Å². The van der Waals surface area contributed by atoms with Gasteiger partial charge in [-0.3, -0.25) is 4.98 Å². The summed E-state index contributed by atoms with van der Waals surface area (Å²) in [5, 5.41) is 6.02. The van der Waals surface area contributed by atoms with Gasteiger partial charge in [0.15, 0.2) is 0 Å². The van der Waals surface area contributed by atoms with Gasteiger partial charge in [-0.2, -0.15) is 0 Å². The minimum atomic E-state index is -0.501. The quantitative estimate of drug-likeness (QED) is 0.814. The first-order chi connectivity index (χ1) is 11.3. The summed E-state index contributed by atoms with van der Waals surface area (Å²) < 4.78 is 0. The van der Waals surface area contributed by atoms with Gasteiger partial charge in [0.2, 0.25) is 0 Å². The van der Waals surface area contributed by atoms with Crippen LogP contribution in [0, 0.1) is 5.41 Å². The first kappa shape index (κ1) is 18.4. The van der Waals surface area contributed by atoms with Gasteiger partial charge in [0.25, 0.3) is 0 Å². The molecular weight excluding hydrogens is 302 g/mol. The molecule has 132 valence electrons. The molecule has 0 aromatic carbocycles. The summed E-state index contributed by atoms with van der Waals surface area (Å²) >= 11 is 0. The monoisotopic (exact) mass is 331 g/mol. The van der Waals surface area contributed by atoms with Crippen LogP contribution in [0.3, 0.4) is 0 Å². The Morgan fingerprint density at radius 1 is 1.25 bits per heavy atom. The van der Waals surface area contributed by atoms with Crippen molar-refractivity contribution in [2.45, 2.75) is 70.9 Å². The maximum Gasteiger partial charge on any atom is 0.315 e. The predicted molar refractivity (Wildman–Crippen MR) is 94.7 cm³/mol. The fourth-order valence-corrected chi connectivity index (χ4v) is 3.34.